The number of esters is 1. The zero-order chi connectivity index (χ0) is 24.9. The number of nitrogens with two attached hydrogens (primary N) is 1. The third kappa shape index (κ3) is 2.94. The molecule has 0 saturated heterocycles. The van der Waals surface area contributed by atoms with Crippen molar-refractivity contribution in [3.8, 4) is 0 Å². The van der Waals surface area contributed by atoms with Gasteiger partial charge >= 0.3 is 5.97 Å². The van der Waals surface area contributed by atoms with Gasteiger partial charge in [0.1, 0.15) is 0 Å². The van der Waals surface area contributed by atoms with Gasteiger partial charge in [-0.05, 0) is 109 Å². The molecule has 5 rings (SSSR count). The zero-order valence-electron chi connectivity index (χ0n) is 23.4. The first kappa shape index (κ1) is 24.8. The minimum absolute atomic E-state index is 0.0573. The van der Waals surface area contributed by atoms with Gasteiger partial charge in [0.05, 0.1) is 12.5 Å². The number of hydrogen-bond acceptors (Lipinski definition) is 3. The predicted molar refractivity (Wildman–Crippen MR) is 139 cm³/mol. The summed E-state index contributed by atoms with van der Waals surface area (Å²) in [6.07, 6.45) is 14.2. The van der Waals surface area contributed by atoms with Crippen molar-refractivity contribution >= 4 is 5.97 Å². The Morgan fingerprint density at radius 1 is 0.912 bits per heavy atom. The number of allylic oxidation sites excluding steroid dienone is 2. The molecule has 0 spiro atoms. The van der Waals surface area contributed by atoms with Crippen LogP contribution in [0.2, 0.25) is 0 Å². The van der Waals surface area contributed by atoms with E-state index in [0.29, 0.717) is 29.2 Å². The summed E-state index contributed by atoms with van der Waals surface area (Å²) in [6, 6.07) is 0.319. The fourth-order valence-electron chi connectivity index (χ4n) is 10.8. The topological polar surface area (TPSA) is 52.3 Å². The lowest BCUT2D eigenvalue weighted by molar-refractivity contribution is -0.191. The first-order chi connectivity index (χ1) is 15.7. The van der Waals surface area contributed by atoms with Crippen LogP contribution in [0.4, 0.5) is 0 Å². The maximum absolute atomic E-state index is 13.4. The van der Waals surface area contributed by atoms with Crippen molar-refractivity contribution in [3.63, 3.8) is 0 Å². The molecule has 3 unspecified atom stereocenters. The maximum Gasteiger partial charge on any atom is 0.312 e. The molecule has 8 atom stereocenters. The number of carbonyl (C=O) groups excluding carboxylic acids is 1. The van der Waals surface area contributed by atoms with Crippen LogP contribution in [0, 0.1) is 50.2 Å². The SMILES string of the molecule is COC(=O)[C@]12CCC(C)(C)CC1C1=CCC3[C@@]4(C)CC[C@H](N)C(C)(C)C4CC[C@@]3(C)[C@]1(C)CC2. The van der Waals surface area contributed by atoms with E-state index in [0.717, 1.165) is 38.5 Å². The second-order valence-electron chi connectivity index (χ2n) is 15.3. The molecule has 0 aromatic carbocycles. The Kier molecular flexibility index (Phi) is 5.38. The van der Waals surface area contributed by atoms with E-state index >= 15 is 0 Å². The highest BCUT2D eigenvalue weighted by molar-refractivity contribution is 5.78. The van der Waals surface area contributed by atoms with Crippen LogP contribution in [0.15, 0.2) is 11.6 Å². The van der Waals surface area contributed by atoms with Gasteiger partial charge in [-0.25, -0.2) is 0 Å². The zero-order valence-corrected chi connectivity index (χ0v) is 23.4. The van der Waals surface area contributed by atoms with Crippen molar-refractivity contribution in [1.29, 1.82) is 0 Å². The summed E-state index contributed by atoms with van der Waals surface area (Å²) in [5.74, 6) is 1.79. The highest BCUT2D eigenvalue weighted by Crippen LogP contribution is 2.75. The molecule has 4 fully saturated rings. The molecule has 2 N–H and O–H groups in total. The summed E-state index contributed by atoms with van der Waals surface area (Å²) in [5, 5.41) is 0. The van der Waals surface area contributed by atoms with Crippen LogP contribution in [-0.2, 0) is 9.53 Å². The van der Waals surface area contributed by atoms with Gasteiger partial charge in [-0.2, -0.15) is 0 Å². The molecule has 0 heterocycles. The Labute approximate surface area is 209 Å². The van der Waals surface area contributed by atoms with Crippen LogP contribution < -0.4 is 5.73 Å². The molecule has 0 amide bonds. The quantitative estimate of drug-likeness (QED) is 0.324. The lowest BCUT2D eigenvalue weighted by atomic mass is 9.33. The van der Waals surface area contributed by atoms with E-state index in [1.165, 1.54) is 25.7 Å². The molecule has 5 aliphatic carbocycles. The summed E-state index contributed by atoms with van der Waals surface area (Å²) in [6.45, 7) is 17.6. The number of ether oxygens (including phenoxy) is 1. The second kappa shape index (κ2) is 7.36. The van der Waals surface area contributed by atoms with Crippen LogP contribution in [0.5, 0.6) is 0 Å². The lowest BCUT2D eigenvalue weighted by Crippen LogP contribution is -2.65. The highest BCUT2D eigenvalue weighted by atomic mass is 16.5. The van der Waals surface area contributed by atoms with Crippen molar-refractivity contribution in [1.82, 2.24) is 0 Å². The summed E-state index contributed by atoms with van der Waals surface area (Å²) < 4.78 is 5.50. The fraction of sp³-hybridized carbons (Fsp3) is 0.903. The molecule has 0 radical (unpaired) electrons. The Morgan fingerprint density at radius 2 is 1.59 bits per heavy atom. The number of fused-ring (bicyclic) bond motifs is 7. The minimum Gasteiger partial charge on any atom is -0.469 e. The summed E-state index contributed by atoms with van der Waals surface area (Å²) >= 11 is 0. The Hall–Kier alpha value is -0.830. The molecule has 0 aliphatic heterocycles. The van der Waals surface area contributed by atoms with Crippen LogP contribution in [-0.4, -0.2) is 19.1 Å². The fourth-order valence-corrected chi connectivity index (χ4v) is 10.8. The van der Waals surface area contributed by atoms with E-state index in [1.807, 2.05) is 0 Å². The molecule has 0 aromatic heterocycles. The average molecular weight is 470 g/mol. The van der Waals surface area contributed by atoms with Gasteiger partial charge in [-0.3, -0.25) is 4.79 Å². The highest BCUT2D eigenvalue weighted by Gasteiger charge is 2.69. The first-order valence-electron chi connectivity index (χ1n) is 14.2. The molecule has 5 aliphatic rings. The number of carbonyl (C=O) groups is 1. The van der Waals surface area contributed by atoms with E-state index in [9.17, 15) is 4.79 Å². The number of methoxy groups -OCH3 is 1. The van der Waals surface area contributed by atoms with Gasteiger partial charge in [-0.15, -0.1) is 0 Å². The van der Waals surface area contributed by atoms with E-state index in [-0.39, 0.29) is 33.0 Å². The molecule has 4 saturated carbocycles. The average Bonchev–Trinajstić information content (AvgIpc) is 2.76. The molecular formula is C31H51NO2. The van der Waals surface area contributed by atoms with Gasteiger partial charge in [0.15, 0.2) is 0 Å². The first-order valence-corrected chi connectivity index (χ1v) is 14.2. The van der Waals surface area contributed by atoms with Crippen LogP contribution in [0.1, 0.15) is 113 Å². The van der Waals surface area contributed by atoms with E-state index in [1.54, 1.807) is 12.7 Å². The predicted octanol–water partition coefficient (Wildman–Crippen LogP) is 7.29. The van der Waals surface area contributed by atoms with Gasteiger partial charge in [0.25, 0.3) is 0 Å². The standard InChI is InChI=1S/C31H51NO2/c1-26(2)15-17-31(25(33)34-8)18-16-29(6)20(21(31)19-26)9-10-23-28(5)13-12-24(32)27(3,4)22(28)11-14-30(23,29)7/h9,21-24H,10-19,32H2,1-8H3/t21?,22?,23?,24-,28-,29+,30+,31-/m0/s1. The smallest absolute Gasteiger partial charge is 0.312 e. The monoisotopic (exact) mass is 469 g/mol. The van der Waals surface area contributed by atoms with Gasteiger partial charge in [0, 0.05) is 6.04 Å². The molecule has 34 heavy (non-hydrogen) atoms. The summed E-state index contributed by atoms with van der Waals surface area (Å²) in [5.41, 5.74) is 9.32. The third-order valence-electron chi connectivity index (χ3n) is 13.3. The molecule has 192 valence electrons. The van der Waals surface area contributed by atoms with Crippen LogP contribution in [0.25, 0.3) is 0 Å². The second-order valence-corrected chi connectivity index (χ2v) is 15.3. The maximum atomic E-state index is 13.4. The van der Waals surface area contributed by atoms with Crippen LogP contribution >= 0.6 is 0 Å². The van der Waals surface area contributed by atoms with E-state index < -0.39 is 0 Å². The van der Waals surface area contributed by atoms with Crippen molar-refractivity contribution in [2.45, 2.75) is 119 Å². The molecule has 0 aromatic rings. The number of rotatable bonds is 1. The molecular weight excluding hydrogens is 418 g/mol. The minimum atomic E-state index is -0.306. The summed E-state index contributed by atoms with van der Waals surface area (Å²) in [4.78, 5) is 13.4. The van der Waals surface area contributed by atoms with Crippen molar-refractivity contribution in [2.24, 2.45) is 56.0 Å². The van der Waals surface area contributed by atoms with Gasteiger partial charge in [-0.1, -0.05) is 60.1 Å². The van der Waals surface area contributed by atoms with Crippen molar-refractivity contribution < 1.29 is 9.53 Å². The van der Waals surface area contributed by atoms with Crippen LogP contribution in [0.3, 0.4) is 0 Å². The van der Waals surface area contributed by atoms with E-state index in [2.05, 4.69) is 54.5 Å². The summed E-state index contributed by atoms with van der Waals surface area (Å²) in [7, 11) is 1.60. The molecule has 3 heteroatoms. The third-order valence-corrected chi connectivity index (χ3v) is 13.3. The largest absolute Gasteiger partial charge is 0.469 e. The van der Waals surface area contributed by atoms with Crippen molar-refractivity contribution in [3.05, 3.63) is 11.6 Å². The van der Waals surface area contributed by atoms with E-state index in [4.69, 9.17) is 10.5 Å². The normalized spacial score (nSPS) is 51.1. The van der Waals surface area contributed by atoms with Gasteiger partial charge in [0.2, 0.25) is 0 Å². The number of hydrogen-bond donors (Lipinski definition) is 1. The van der Waals surface area contributed by atoms with Gasteiger partial charge < -0.3 is 10.5 Å². The Balaban J connectivity index is 1.60. The molecule has 3 nitrogen and oxygen atoms in total. The Morgan fingerprint density at radius 3 is 2.26 bits per heavy atom. The van der Waals surface area contributed by atoms with Crippen molar-refractivity contribution in [2.75, 3.05) is 7.11 Å². The lowest BCUT2D eigenvalue weighted by Gasteiger charge is -2.71. The molecule has 0 bridgehead atoms. The Bertz CT molecular complexity index is 903.